The van der Waals surface area contributed by atoms with Gasteiger partial charge in [0.15, 0.2) is 5.96 Å². The van der Waals surface area contributed by atoms with E-state index >= 15 is 0 Å². The van der Waals surface area contributed by atoms with Crippen LogP contribution in [0.5, 0.6) is 0 Å². The van der Waals surface area contributed by atoms with Crippen molar-refractivity contribution in [2.24, 2.45) is 4.99 Å². The molecule has 164 valence electrons. The molecule has 0 spiro atoms. The average Bonchev–Trinajstić information content (AvgIpc) is 3.11. The normalized spacial score (nSPS) is 11.6. The highest BCUT2D eigenvalue weighted by Crippen LogP contribution is 2.15. The molecule has 0 unspecified atom stereocenters. The van der Waals surface area contributed by atoms with Crippen molar-refractivity contribution < 1.29 is 9.32 Å². The maximum atomic E-state index is 12.0. The van der Waals surface area contributed by atoms with E-state index in [1.807, 2.05) is 50.2 Å². The molecule has 0 fully saturated rings. The summed E-state index contributed by atoms with van der Waals surface area (Å²) in [6, 6.07) is 7.76. The Kier molecular flexibility index (Phi) is 9.34. The molecular weight excluding hydrogens is 380 g/mol. The van der Waals surface area contributed by atoms with Crippen molar-refractivity contribution in [1.82, 2.24) is 20.7 Å². The summed E-state index contributed by atoms with van der Waals surface area (Å²) in [7, 11) is 3.74. The van der Waals surface area contributed by atoms with Gasteiger partial charge in [-0.2, -0.15) is 0 Å². The molecule has 1 aromatic carbocycles. The lowest BCUT2D eigenvalue weighted by molar-refractivity contribution is -0.116. The first-order valence-corrected chi connectivity index (χ1v) is 10.5. The predicted molar refractivity (Wildman–Crippen MR) is 121 cm³/mol. The van der Waals surface area contributed by atoms with Crippen LogP contribution in [0.1, 0.15) is 43.4 Å². The number of carbonyl (C=O) groups is 1. The summed E-state index contributed by atoms with van der Waals surface area (Å²) in [5.74, 6) is 1.60. The molecule has 0 saturated heterocycles. The number of rotatable bonds is 10. The van der Waals surface area contributed by atoms with E-state index in [-0.39, 0.29) is 5.91 Å². The number of carbonyl (C=O) groups excluding carboxylic acids is 1. The van der Waals surface area contributed by atoms with Crippen molar-refractivity contribution in [2.75, 3.05) is 32.5 Å². The third-order valence-corrected chi connectivity index (χ3v) is 4.47. The van der Waals surface area contributed by atoms with Crippen LogP contribution in [-0.4, -0.2) is 49.1 Å². The van der Waals surface area contributed by atoms with E-state index < -0.39 is 0 Å². The van der Waals surface area contributed by atoms with Crippen molar-refractivity contribution in [2.45, 2.75) is 46.7 Å². The van der Waals surface area contributed by atoms with Gasteiger partial charge in [-0.25, -0.2) is 4.99 Å². The van der Waals surface area contributed by atoms with Crippen molar-refractivity contribution in [1.29, 1.82) is 0 Å². The van der Waals surface area contributed by atoms with Crippen molar-refractivity contribution in [3.8, 4) is 0 Å². The van der Waals surface area contributed by atoms with E-state index in [9.17, 15) is 4.79 Å². The van der Waals surface area contributed by atoms with E-state index in [4.69, 9.17) is 4.52 Å². The summed E-state index contributed by atoms with van der Waals surface area (Å²) in [6.07, 6.45) is 1.64. The lowest BCUT2D eigenvalue weighted by Gasteiger charge is -2.12. The highest BCUT2D eigenvalue weighted by atomic mass is 16.5. The SMILES string of the molecule is CCNC(=NCc1cccc(NC(=O)CN(C)C)c1)NCc1c(CC)noc1CC. The van der Waals surface area contributed by atoms with Crippen LogP contribution in [0.2, 0.25) is 0 Å². The number of nitrogens with one attached hydrogen (secondary N) is 3. The molecule has 8 heteroatoms. The number of nitrogens with zero attached hydrogens (tertiary/aromatic N) is 3. The first kappa shape index (κ1) is 23.4. The Hall–Kier alpha value is -2.87. The maximum Gasteiger partial charge on any atom is 0.238 e. The van der Waals surface area contributed by atoms with Crippen LogP contribution in [0.3, 0.4) is 0 Å². The van der Waals surface area contributed by atoms with Gasteiger partial charge in [-0.05, 0) is 45.1 Å². The number of likely N-dealkylation sites (N-methyl/N-ethyl adjacent to an activating group) is 1. The lowest BCUT2D eigenvalue weighted by Crippen LogP contribution is -2.37. The number of amides is 1. The van der Waals surface area contributed by atoms with Crippen molar-refractivity contribution in [3.63, 3.8) is 0 Å². The Morgan fingerprint density at radius 3 is 2.63 bits per heavy atom. The summed E-state index contributed by atoms with van der Waals surface area (Å²) in [4.78, 5) is 18.5. The molecular formula is C22H34N6O2. The zero-order valence-electron chi connectivity index (χ0n) is 18.7. The Labute approximate surface area is 179 Å². The van der Waals surface area contributed by atoms with Gasteiger partial charge in [-0.1, -0.05) is 31.1 Å². The van der Waals surface area contributed by atoms with E-state index in [1.54, 1.807) is 0 Å². The van der Waals surface area contributed by atoms with Crippen LogP contribution in [0, 0.1) is 0 Å². The fourth-order valence-electron chi connectivity index (χ4n) is 3.06. The minimum absolute atomic E-state index is 0.0390. The van der Waals surface area contributed by atoms with Gasteiger partial charge in [-0.3, -0.25) is 4.79 Å². The van der Waals surface area contributed by atoms with E-state index in [0.717, 1.165) is 53.6 Å². The van der Waals surface area contributed by atoms with Crippen LogP contribution < -0.4 is 16.0 Å². The van der Waals surface area contributed by atoms with Crippen molar-refractivity contribution >= 4 is 17.6 Å². The fraction of sp³-hybridized carbons (Fsp3) is 0.500. The average molecular weight is 415 g/mol. The first-order valence-electron chi connectivity index (χ1n) is 10.5. The molecule has 0 aliphatic rings. The summed E-state index contributed by atoms with van der Waals surface area (Å²) in [5, 5.41) is 13.7. The first-order chi connectivity index (χ1) is 14.5. The molecule has 0 aliphatic carbocycles. The number of hydrogen-bond acceptors (Lipinski definition) is 5. The van der Waals surface area contributed by atoms with Crippen LogP contribution in [0.4, 0.5) is 5.69 Å². The Bertz CT molecular complexity index is 822. The van der Waals surface area contributed by atoms with Crippen LogP contribution in [0.15, 0.2) is 33.8 Å². The summed E-state index contributed by atoms with van der Waals surface area (Å²) in [6.45, 7) is 8.39. The molecule has 1 amide bonds. The number of hydrogen-bond donors (Lipinski definition) is 3. The minimum Gasteiger partial charge on any atom is -0.361 e. The topological polar surface area (TPSA) is 94.8 Å². The molecule has 30 heavy (non-hydrogen) atoms. The van der Waals surface area contributed by atoms with Gasteiger partial charge >= 0.3 is 0 Å². The maximum absolute atomic E-state index is 12.0. The number of anilines is 1. The monoisotopic (exact) mass is 414 g/mol. The number of aliphatic imine (C=N–C) groups is 1. The molecule has 1 aromatic heterocycles. The van der Waals surface area contributed by atoms with E-state index in [1.165, 1.54) is 0 Å². The molecule has 0 bridgehead atoms. The number of benzene rings is 1. The number of guanidine groups is 1. The van der Waals surface area contributed by atoms with E-state index in [0.29, 0.717) is 19.6 Å². The standard InChI is InChI=1S/C22H34N6O2/c1-6-19-18(20(7-2)30-27-19)14-25-22(23-8-3)24-13-16-10-9-11-17(12-16)26-21(29)15-28(4)5/h9-12H,6-8,13-15H2,1-5H3,(H,26,29)(H2,23,24,25). The third-order valence-electron chi connectivity index (χ3n) is 4.47. The van der Waals surface area contributed by atoms with Gasteiger partial charge in [0.2, 0.25) is 5.91 Å². The summed E-state index contributed by atoms with van der Waals surface area (Å²) in [5.41, 5.74) is 3.88. The van der Waals surface area contributed by atoms with Gasteiger partial charge in [0.25, 0.3) is 0 Å². The Morgan fingerprint density at radius 2 is 1.97 bits per heavy atom. The van der Waals surface area contributed by atoms with Crippen LogP contribution in [-0.2, 0) is 30.7 Å². The molecule has 8 nitrogen and oxygen atoms in total. The van der Waals surface area contributed by atoms with Crippen molar-refractivity contribution in [3.05, 3.63) is 46.8 Å². The molecule has 2 rings (SSSR count). The molecule has 3 N–H and O–H groups in total. The van der Waals surface area contributed by atoms with Gasteiger partial charge in [0.05, 0.1) is 18.8 Å². The largest absolute Gasteiger partial charge is 0.361 e. The molecule has 0 aliphatic heterocycles. The Balaban J connectivity index is 2.03. The molecule has 0 atom stereocenters. The second-order valence-corrected chi connectivity index (χ2v) is 7.27. The Morgan fingerprint density at radius 1 is 1.17 bits per heavy atom. The smallest absolute Gasteiger partial charge is 0.238 e. The molecule has 1 heterocycles. The van der Waals surface area contributed by atoms with Crippen LogP contribution in [0.25, 0.3) is 0 Å². The van der Waals surface area contributed by atoms with E-state index in [2.05, 4.69) is 39.9 Å². The molecule has 0 saturated carbocycles. The highest BCUT2D eigenvalue weighted by Gasteiger charge is 2.13. The molecule has 0 radical (unpaired) electrons. The fourth-order valence-corrected chi connectivity index (χ4v) is 3.06. The van der Waals surface area contributed by atoms with Gasteiger partial charge in [-0.15, -0.1) is 0 Å². The zero-order chi connectivity index (χ0) is 21.9. The quantitative estimate of drug-likeness (QED) is 0.409. The van der Waals surface area contributed by atoms with Gasteiger partial charge < -0.3 is 25.4 Å². The second-order valence-electron chi connectivity index (χ2n) is 7.27. The third kappa shape index (κ3) is 7.18. The number of aryl methyl sites for hydroxylation is 2. The highest BCUT2D eigenvalue weighted by molar-refractivity contribution is 5.92. The summed E-state index contributed by atoms with van der Waals surface area (Å²) < 4.78 is 5.44. The van der Waals surface area contributed by atoms with Crippen LogP contribution >= 0.6 is 0 Å². The van der Waals surface area contributed by atoms with Gasteiger partial charge in [0, 0.05) is 30.8 Å². The minimum atomic E-state index is -0.0390. The molecule has 2 aromatic rings. The zero-order valence-corrected chi connectivity index (χ0v) is 18.7. The second kappa shape index (κ2) is 12.0. The van der Waals surface area contributed by atoms with Gasteiger partial charge in [0.1, 0.15) is 5.76 Å². The summed E-state index contributed by atoms with van der Waals surface area (Å²) >= 11 is 0. The lowest BCUT2D eigenvalue weighted by atomic mass is 10.1. The number of aromatic nitrogens is 1. The predicted octanol–water partition coefficient (Wildman–Crippen LogP) is 2.55.